The third kappa shape index (κ3) is 2.62. The summed E-state index contributed by atoms with van der Waals surface area (Å²) in [5, 5.41) is 3.56. The zero-order valence-corrected chi connectivity index (χ0v) is 12.8. The van der Waals surface area contributed by atoms with Crippen LogP contribution in [0.15, 0.2) is 11.4 Å². The lowest BCUT2D eigenvalue weighted by atomic mass is 9.97. The minimum atomic E-state index is 0.582. The van der Waals surface area contributed by atoms with E-state index in [2.05, 4.69) is 28.7 Å². The van der Waals surface area contributed by atoms with Crippen LogP contribution in [0.25, 0.3) is 10.2 Å². The molecule has 0 unspecified atom stereocenters. The van der Waals surface area contributed by atoms with E-state index >= 15 is 0 Å². The van der Waals surface area contributed by atoms with E-state index in [0.717, 1.165) is 22.6 Å². The Morgan fingerprint density at radius 3 is 2.79 bits per heavy atom. The number of nitrogens with zero attached hydrogens (tertiary/aromatic N) is 3. The van der Waals surface area contributed by atoms with Gasteiger partial charge in [-0.2, -0.15) is 0 Å². The molecule has 3 heterocycles. The van der Waals surface area contributed by atoms with Crippen LogP contribution in [0.1, 0.15) is 38.9 Å². The van der Waals surface area contributed by atoms with E-state index in [4.69, 9.17) is 11.6 Å². The van der Waals surface area contributed by atoms with Crippen LogP contribution in [0.5, 0.6) is 0 Å². The maximum Gasteiger partial charge on any atom is 0.145 e. The van der Waals surface area contributed by atoms with Gasteiger partial charge in [-0.25, -0.2) is 9.97 Å². The summed E-state index contributed by atoms with van der Waals surface area (Å²) in [4.78, 5) is 12.6. The SMILES string of the molecule is C[C@@H]1CCC[C@H](C)N1Cc1nc(Cl)c2ccsc2n1. The van der Waals surface area contributed by atoms with Gasteiger partial charge in [0.2, 0.25) is 0 Å². The predicted octanol–water partition coefficient (Wildman–Crippen LogP) is 4.11. The van der Waals surface area contributed by atoms with Gasteiger partial charge in [-0.05, 0) is 38.1 Å². The van der Waals surface area contributed by atoms with E-state index in [0.29, 0.717) is 17.2 Å². The fourth-order valence-corrected chi connectivity index (χ4v) is 3.97. The lowest BCUT2D eigenvalue weighted by Crippen LogP contribution is -2.43. The number of fused-ring (bicyclic) bond motifs is 1. The first-order valence-electron chi connectivity index (χ1n) is 6.80. The number of hydrogen-bond acceptors (Lipinski definition) is 4. The molecule has 5 heteroatoms. The Hall–Kier alpha value is -0.710. The summed E-state index contributed by atoms with van der Waals surface area (Å²) in [5.41, 5.74) is 0. The summed E-state index contributed by atoms with van der Waals surface area (Å²) in [7, 11) is 0. The Kier molecular flexibility index (Phi) is 3.74. The van der Waals surface area contributed by atoms with Crippen LogP contribution in [0.3, 0.4) is 0 Å². The second kappa shape index (κ2) is 5.35. The number of halogens is 1. The Balaban J connectivity index is 1.87. The average Bonchev–Trinajstić information content (AvgIpc) is 2.83. The van der Waals surface area contributed by atoms with Crippen molar-refractivity contribution in [2.45, 2.75) is 51.7 Å². The van der Waals surface area contributed by atoms with E-state index in [-0.39, 0.29) is 0 Å². The van der Waals surface area contributed by atoms with Crippen molar-refractivity contribution in [2.24, 2.45) is 0 Å². The van der Waals surface area contributed by atoms with Gasteiger partial charge in [0.05, 0.1) is 6.54 Å². The van der Waals surface area contributed by atoms with Gasteiger partial charge < -0.3 is 0 Å². The Bertz CT molecular complexity index is 573. The number of hydrogen-bond donors (Lipinski definition) is 0. The summed E-state index contributed by atoms with van der Waals surface area (Å²) in [6.07, 6.45) is 3.85. The first-order chi connectivity index (χ1) is 9.15. The minimum Gasteiger partial charge on any atom is -0.291 e. The molecule has 1 fully saturated rings. The maximum atomic E-state index is 6.23. The molecular weight excluding hydrogens is 278 g/mol. The number of rotatable bonds is 2. The fourth-order valence-electron chi connectivity index (χ4n) is 2.88. The molecule has 1 saturated heterocycles. The average molecular weight is 296 g/mol. The quantitative estimate of drug-likeness (QED) is 0.781. The van der Waals surface area contributed by atoms with Crippen molar-refractivity contribution in [3.05, 3.63) is 22.4 Å². The molecule has 3 nitrogen and oxygen atoms in total. The molecule has 0 aliphatic carbocycles. The van der Waals surface area contributed by atoms with E-state index in [1.54, 1.807) is 11.3 Å². The van der Waals surface area contributed by atoms with Crippen molar-refractivity contribution < 1.29 is 0 Å². The zero-order valence-electron chi connectivity index (χ0n) is 11.3. The van der Waals surface area contributed by atoms with Gasteiger partial charge in [-0.3, -0.25) is 4.90 Å². The third-order valence-corrected chi connectivity index (χ3v) is 5.12. The highest BCUT2D eigenvalue weighted by Crippen LogP contribution is 2.27. The molecular formula is C14H18ClN3S. The Morgan fingerprint density at radius 1 is 1.32 bits per heavy atom. The van der Waals surface area contributed by atoms with Gasteiger partial charge in [-0.15, -0.1) is 11.3 Å². The molecule has 0 radical (unpaired) electrons. The molecule has 0 amide bonds. The maximum absolute atomic E-state index is 6.23. The summed E-state index contributed by atoms with van der Waals surface area (Å²) in [5.74, 6) is 0.848. The normalized spacial score (nSPS) is 25.0. The Morgan fingerprint density at radius 2 is 2.05 bits per heavy atom. The standard InChI is InChI=1S/C14H18ClN3S/c1-9-4-3-5-10(2)18(9)8-12-16-13(15)11-6-7-19-14(11)17-12/h6-7,9-10H,3-5,8H2,1-2H3/t9-,10+. The smallest absolute Gasteiger partial charge is 0.145 e. The molecule has 2 aromatic heterocycles. The van der Waals surface area contributed by atoms with Gasteiger partial charge in [-0.1, -0.05) is 18.0 Å². The third-order valence-electron chi connectivity index (χ3n) is 4.02. The molecule has 1 aliphatic heterocycles. The second-order valence-corrected chi connectivity index (χ2v) is 6.62. The van der Waals surface area contributed by atoms with Crippen molar-refractivity contribution in [1.29, 1.82) is 0 Å². The molecule has 0 bridgehead atoms. The van der Waals surface area contributed by atoms with Crippen LogP contribution in [-0.4, -0.2) is 27.0 Å². The lowest BCUT2D eigenvalue weighted by Gasteiger charge is -2.38. The minimum absolute atomic E-state index is 0.582. The summed E-state index contributed by atoms with van der Waals surface area (Å²) >= 11 is 7.86. The first kappa shape index (κ1) is 13.3. The van der Waals surface area contributed by atoms with Gasteiger partial charge in [0.1, 0.15) is 15.8 Å². The fraction of sp³-hybridized carbons (Fsp3) is 0.571. The lowest BCUT2D eigenvalue weighted by molar-refractivity contribution is 0.0924. The monoisotopic (exact) mass is 295 g/mol. The molecule has 19 heavy (non-hydrogen) atoms. The van der Waals surface area contributed by atoms with Crippen LogP contribution in [0.4, 0.5) is 0 Å². The molecule has 2 aromatic rings. The summed E-state index contributed by atoms with van der Waals surface area (Å²) < 4.78 is 0. The molecule has 0 N–H and O–H groups in total. The Labute approximate surface area is 122 Å². The molecule has 0 aromatic carbocycles. The van der Waals surface area contributed by atoms with Crippen molar-refractivity contribution in [3.63, 3.8) is 0 Å². The number of thiophene rings is 1. The molecule has 3 rings (SSSR count). The molecule has 102 valence electrons. The van der Waals surface area contributed by atoms with E-state index in [1.807, 2.05) is 11.4 Å². The van der Waals surface area contributed by atoms with Gasteiger partial charge >= 0.3 is 0 Å². The van der Waals surface area contributed by atoms with Crippen molar-refractivity contribution >= 4 is 33.2 Å². The highest BCUT2D eigenvalue weighted by molar-refractivity contribution is 7.16. The van der Waals surface area contributed by atoms with Crippen molar-refractivity contribution in [2.75, 3.05) is 0 Å². The summed E-state index contributed by atoms with van der Waals surface area (Å²) in [6.45, 7) is 5.39. The largest absolute Gasteiger partial charge is 0.291 e. The predicted molar refractivity (Wildman–Crippen MR) is 80.7 cm³/mol. The molecule has 2 atom stereocenters. The van der Waals surface area contributed by atoms with Crippen LogP contribution in [0, 0.1) is 0 Å². The highest BCUT2D eigenvalue weighted by Gasteiger charge is 2.25. The van der Waals surface area contributed by atoms with Crippen molar-refractivity contribution in [1.82, 2.24) is 14.9 Å². The van der Waals surface area contributed by atoms with Gasteiger partial charge in [0.15, 0.2) is 0 Å². The highest BCUT2D eigenvalue weighted by atomic mass is 35.5. The van der Waals surface area contributed by atoms with Crippen LogP contribution in [0.2, 0.25) is 5.15 Å². The molecule has 0 saturated carbocycles. The second-order valence-electron chi connectivity index (χ2n) is 5.37. The number of aromatic nitrogens is 2. The van der Waals surface area contributed by atoms with E-state index < -0.39 is 0 Å². The van der Waals surface area contributed by atoms with E-state index in [9.17, 15) is 0 Å². The van der Waals surface area contributed by atoms with Crippen molar-refractivity contribution in [3.8, 4) is 0 Å². The summed E-state index contributed by atoms with van der Waals surface area (Å²) in [6, 6.07) is 3.19. The number of piperidine rings is 1. The van der Waals surface area contributed by atoms with Crippen LogP contribution >= 0.6 is 22.9 Å². The molecule has 0 spiro atoms. The van der Waals surface area contributed by atoms with E-state index in [1.165, 1.54) is 19.3 Å². The van der Waals surface area contributed by atoms with Gasteiger partial charge in [0, 0.05) is 17.5 Å². The topological polar surface area (TPSA) is 29.0 Å². The molecule has 1 aliphatic rings. The van der Waals surface area contributed by atoms with Gasteiger partial charge in [0.25, 0.3) is 0 Å². The first-order valence-corrected chi connectivity index (χ1v) is 8.06. The zero-order chi connectivity index (χ0) is 13.4. The number of likely N-dealkylation sites (tertiary alicyclic amines) is 1. The van der Waals surface area contributed by atoms with Crippen LogP contribution < -0.4 is 0 Å². The van der Waals surface area contributed by atoms with Crippen LogP contribution in [-0.2, 0) is 6.54 Å².